The fourth-order valence-electron chi connectivity index (χ4n) is 5.06. The topological polar surface area (TPSA) is 105 Å². The van der Waals surface area contributed by atoms with E-state index < -0.39 is 27.8 Å². The van der Waals surface area contributed by atoms with Gasteiger partial charge in [0.05, 0.1) is 30.3 Å². The van der Waals surface area contributed by atoms with E-state index in [-0.39, 0.29) is 29.8 Å². The van der Waals surface area contributed by atoms with Crippen molar-refractivity contribution in [1.29, 1.82) is 0 Å². The van der Waals surface area contributed by atoms with Crippen LogP contribution < -0.4 is 10.1 Å². The highest BCUT2D eigenvalue weighted by atomic mass is 32.2. The van der Waals surface area contributed by atoms with Gasteiger partial charge in [-0.15, -0.1) is 0 Å². The number of rotatable bonds is 12. The number of aromatic nitrogens is 2. The van der Waals surface area contributed by atoms with Crippen LogP contribution in [0.25, 0.3) is 0 Å². The molecule has 0 bridgehead atoms. The molecule has 0 amide bonds. The first kappa shape index (κ1) is 31.8. The van der Waals surface area contributed by atoms with E-state index in [2.05, 4.69) is 15.3 Å². The monoisotopic (exact) mass is 585 g/mol. The van der Waals surface area contributed by atoms with Gasteiger partial charge in [0.25, 0.3) is 0 Å². The van der Waals surface area contributed by atoms with Gasteiger partial charge in [0.1, 0.15) is 5.75 Å². The maximum atomic E-state index is 13.9. The fourth-order valence-corrected chi connectivity index (χ4v) is 5.83. The Labute approximate surface area is 234 Å². The molecule has 0 saturated heterocycles. The number of carbonyl (C=O) groups is 1. The van der Waals surface area contributed by atoms with E-state index in [1.54, 1.807) is 18.2 Å². The second-order valence-electron chi connectivity index (χ2n) is 10.5. The lowest BCUT2D eigenvalue weighted by Gasteiger charge is -2.37. The summed E-state index contributed by atoms with van der Waals surface area (Å²) in [7, 11) is 3.26. The molecule has 0 unspecified atom stereocenters. The minimum absolute atomic E-state index is 0.0409. The summed E-state index contributed by atoms with van der Waals surface area (Å²) < 4.78 is 72.8. The van der Waals surface area contributed by atoms with Crippen molar-refractivity contribution in [3.8, 4) is 5.75 Å². The number of ether oxygens (including phenoxy) is 1. The zero-order chi connectivity index (χ0) is 29.7. The smallest absolute Gasteiger partial charge is 0.419 e. The Kier molecular flexibility index (Phi) is 10.5. The summed E-state index contributed by atoms with van der Waals surface area (Å²) in [5.41, 5.74) is -0.288. The van der Waals surface area contributed by atoms with Crippen molar-refractivity contribution in [3.05, 3.63) is 41.2 Å². The number of anilines is 2. The SMILES string of the molecule is COc1cc(C(=O)CCCN(C)C)ccc1Nc1ncc(C(F)(F)F)c(C[C@@H]2CCCC[C@H]2N(C)S(C)(=O)=O)n1. The van der Waals surface area contributed by atoms with Crippen LogP contribution in [-0.2, 0) is 22.6 Å². The number of halogens is 3. The number of benzene rings is 1. The van der Waals surface area contributed by atoms with Crippen molar-refractivity contribution < 1.29 is 31.1 Å². The number of sulfonamides is 1. The standard InChI is InChI=1S/C27H38F3N5O4S/c1-34(2)14-8-11-24(36)19-12-13-21(25(16-19)39-4)32-26-31-17-20(27(28,29)30)22(33-26)15-18-9-6-7-10-23(18)35(3)40(5,37)38/h12-13,16-18,23H,6-11,14-15H2,1-5H3,(H,31,32,33)/t18-,23+/m0/s1. The molecule has 222 valence electrons. The first-order chi connectivity index (χ1) is 18.7. The zero-order valence-electron chi connectivity index (χ0n) is 23.6. The Morgan fingerprint density at radius 1 is 1.18 bits per heavy atom. The van der Waals surface area contributed by atoms with Crippen LogP contribution in [0.1, 0.15) is 60.1 Å². The van der Waals surface area contributed by atoms with Crippen molar-refractivity contribution in [2.24, 2.45) is 5.92 Å². The number of nitrogens with zero attached hydrogens (tertiary/aromatic N) is 4. The number of Topliss-reactive ketones (excluding diaryl/α,β-unsaturated/α-hetero) is 1. The van der Waals surface area contributed by atoms with Gasteiger partial charge in [-0.1, -0.05) is 12.8 Å². The first-order valence-electron chi connectivity index (χ1n) is 13.2. The molecule has 40 heavy (non-hydrogen) atoms. The number of hydrogen-bond donors (Lipinski definition) is 1. The van der Waals surface area contributed by atoms with Crippen molar-refractivity contribution in [3.63, 3.8) is 0 Å². The molecule has 2 aromatic rings. The quantitative estimate of drug-likeness (QED) is 0.356. The maximum Gasteiger partial charge on any atom is 0.419 e. The summed E-state index contributed by atoms with van der Waals surface area (Å²) in [6.07, 6.45) is 0.969. The van der Waals surface area contributed by atoms with E-state index >= 15 is 0 Å². The molecular formula is C27H38F3N5O4S. The van der Waals surface area contributed by atoms with Gasteiger partial charge in [-0.3, -0.25) is 4.79 Å². The molecule has 1 aromatic heterocycles. The van der Waals surface area contributed by atoms with E-state index in [0.29, 0.717) is 42.7 Å². The summed E-state index contributed by atoms with van der Waals surface area (Å²) in [4.78, 5) is 22.7. The zero-order valence-corrected chi connectivity index (χ0v) is 24.4. The average molecular weight is 586 g/mol. The largest absolute Gasteiger partial charge is 0.495 e. The van der Waals surface area contributed by atoms with E-state index in [9.17, 15) is 26.4 Å². The predicted molar refractivity (Wildman–Crippen MR) is 147 cm³/mol. The molecule has 1 N–H and O–H groups in total. The molecule has 0 spiro atoms. The van der Waals surface area contributed by atoms with Gasteiger partial charge in [-0.2, -0.15) is 13.2 Å². The van der Waals surface area contributed by atoms with Gasteiger partial charge < -0.3 is 15.0 Å². The molecule has 1 aliphatic carbocycles. The van der Waals surface area contributed by atoms with Crippen LogP contribution in [0.3, 0.4) is 0 Å². The fraction of sp³-hybridized carbons (Fsp3) is 0.593. The third kappa shape index (κ3) is 8.37. The van der Waals surface area contributed by atoms with Crippen LogP contribution in [0.4, 0.5) is 24.8 Å². The molecule has 3 rings (SSSR count). The highest BCUT2D eigenvalue weighted by Crippen LogP contribution is 2.37. The Morgan fingerprint density at radius 2 is 1.88 bits per heavy atom. The van der Waals surface area contributed by atoms with Gasteiger partial charge in [-0.25, -0.2) is 22.7 Å². The summed E-state index contributed by atoms with van der Waals surface area (Å²) in [6.45, 7) is 0.780. The number of alkyl halides is 3. The van der Waals surface area contributed by atoms with E-state index in [4.69, 9.17) is 4.74 Å². The van der Waals surface area contributed by atoms with Crippen LogP contribution in [0, 0.1) is 5.92 Å². The molecule has 1 fully saturated rings. The summed E-state index contributed by atoms with van der Waals surface area (Å²) in [5, 5.41) is 2.92. The van der Waals surface area contributed by atoms with Crippen molar-refractivity contribution in [1.82, 2.24) is 19.2 Å². The Morgan fingerprint density at radius 3 is 2.50 bits per heavy atom. The lowest BCUT2D eigenvalue weighted by molar-refractivity contribution is -0.138. The second kappa shape index (κ2) is 13.3. The highest BCUT2D eigenvalue weighted by molar-refractivity contribution is 7.88. The molecule has 0 aliphatic heterocycles. The van der Waals surface area contributed by atoms with Crippen LogP contribution >= 0.6 is 0 Å². The minimum Gasteiger partial charge on any atom is -0.495 e. The van der Waals surface area contributed by atoms with Crippen molar-refractivity contribution >= 4 is 27.4 Å². The summed E-state index contributed by atoms with van der Waals surface area (Å²) in [5.74, 6) is -0.105. The van der Waals surface area contributed by atoms with Gasteiger partial charge in [0.2, 0.25) is 16.0 Å². The van der Waals surface area contributed by atoms with E-state index in [1.165, 1.54) is 18.5 Å². The predicted octanol–water partition coefficient (Wildman–Crippen LogP) is 4.76. The lowest BCUT2D eigenvalue weighted by Crippen LogP contribution is -2.44. The molecule has 9 nitrogen and oxygen atoms in total. The number of methoxy groups -OCH3 is 1. The lowest BCUT2D eigenvalue weighted by atomic mass is 9.81. The number of carbonyl (C=O) groups excluding carboxylic acids is 1. The second-order valence-corrected chi connectivity index (χ2v) is 12.6. The average Bonchev–Trinajstić information content (AvgIpc) is 2.87. The van der Waals surface area contributed by atoms with Crippen LogP contribution in [0.2, 0.25) is 0 Å². The summed E-state index contributed by atoms with van der Waals surface area (Å²) >= 11 is 0. The van der Waals surface area contributed by atoms with Gasteiger partial charge in [0.15, 0.2) is 5.78 Å². The van der Waals surface area contributed by atoms with Crippen molar-refractivity contribution in [2.75, 3.05) is 46.4 Å². The third-order valence-corrected chi connectivity index (χ3v) is 8.58. The third-order valence-electron chi connectivity index (χ3n) is 7.27. The Bertz CT molecular complexity index is 1290. The molecule has 1 aliphatic rings. The first-order valence-corrected chi connectivity index (χ1v) is 15.0. The van der Waals surface area contributed by atoms with Gasteiger partial charge in [-0.05, 0) is 70.4 Å². The molecule has 1 heterocycles. The van der Waals surface area contributed by atoms with Gasteiger partial charge >= 0.3 is 6.18 Å². The number of hydrogen-bond acceptors (Lipinski definition) is 8. The van der Waals surface area contributed by atoms with Crippen LogP contribution in [0.5, 0.6) is 5.75 Å². The maximum absolute atomic E-state index is 13.9. The molecule has 13 heteroatoms. The van der Waals surface area contributed by atoms with Crippen LogP contribution in [0.15, 0.2) is 24.4 Å². The molecule has 2 atom stereocenters. The Balaban J connectivity index is 1.87. The molecule has 1 saturated carbocycles. The van der Waals surface area contributed by atoms with E-state index in [1.807, 2.05) is 19.0 Å². The van der Waals surface area contributed by atoms with Crippen LogP contribution in [-0.4, -0.2) is 80.5 Å². The Hall–Kier alpha value is -2.77. The number of nitrogens with one attached hydrogen (secondary N) is 1. The minimum atomic E-state index is -4.67. The van der Waals surface area contributed by atoms with Gasteiger partial charge in [0, 0.05) is 31.3 Å². The normalized spacial score (nSPS) is 18.2. The molecule has 1 aromatic carbocycles. The summed E-state index contributed by atoms with van der Waals surface area (Å²) in [6, 6.07) is 4.40. The van der Waals surface area contributed by atoms with E-state index in [0.717, 1.165) is 31.8 Å². The molecular weight excluding hydrogens is 547 g/mol. The molecule has 0 radical (unpaired) electrons. The van der Waals surface area contributed by atoms with Crippen molar-refractivity contribution in [2.45, 2.75) is 57.2 Å². The number of ketones is 1. The highest BCUT2D eigenvalue weighted by Gasteiger charge is 2.38.